The zero-order chi connectivity index (χ0) is 29.9. The summed E-state index contributed by atoms with van der Waals surface area (Å²) >= 11 is 0. The average Bonchev–Trinajstić information content (AvgIpc) is 3.55. The predicted molar refractivity (Wildman–Crippen MR) is 155 cm³/mol. The molecule has 230 valence electrons. The molecule has 2 aliphatic rings. The zero-order valence-corrected chi connectivity index (χ0v) is 26.0. The lowest BCUT2D eigenvalue weighted by Crippen LogP contribution is -2.36. The van der Waals surface area contributed by atoms with E-state index in [1.165, 1.54) is 12.5 Å². The van der Waals surface area contributed by atoms with Crippen molar-refractivity contribution in [3.63, 3.8) is 0 Å². The Bertz CT molecular complexity index is 852. The number of Topliss-reactive ketones (excluding diaryl/α,β-unsaturated/α-hetero) is 1. The summed E-state index contributed by atoms with van der Waals surface area (Å²) in [5.74, 6) is 0.733. The second-order valence-corrected chi connectivity index (χ2v) is 12.1. The fraction of sp³-hybridized carbons (Fsp3) is 0.812. The van der Waals surface area contributed by atoms with Crippen molar-refractivity contribution in [3.8, 4) is 0 Å². The van der Waals surface area contributed by atoms with Crippen molar-refractivity contribution in [1.29, 1.82) is 0 Å². The molecule has 2 aliphatic heterocycles. The van der Waals surface area contributed by atoms with Crippen LogP contribution < -0.4 is 0 Å². The number of carbonyl (C=O) groups excluding carboxylic acids is 2. The van der Waals surface area contributed by atoms with Gasteiger partial charge in [-0.1, -0.05) is 39.0 Å². The molecule has 40 heavy (non-hydrogen) atoms. The van der Waals surface area contributed by atoms with Gasteiger partial charge in [-0.05, 0) is 63.9 Å². The molecule has 0 saturated carbocycles. The molecule has 8 heteroatoms. The average molecular weight is 567 g/mol. The number of carbonyl (C=O) groups is 2. The Hall–Kier alpha value is -1.58. The summed E-state index contributed by atoms with van der Waals surface area (Å²) in [4.78, 5) is 23.0. The molecule has 0 aliphatic carbocycles. The molecule has 0 aromatic heterocycles. The number of ether oxygens (including phenoxy) is 5. The Kier molecular flexibility index (Phi) is 14.5. The lowest BCUT2D eigenvalue weighted by molar-refractivity contribution is -0.142. The Balaban J connectivity index is 1.75. The van der Waals surface area contributed by atoms with Crippen molar-refractivity contribution < 1.29 is 38.4 Å². The fourth-order valence-corrected chi connectivity index (χ4v) is 6.06. The van der Waals surface area contributed by atoms with Gasteiger partial charge in [-0.2, -0.15) is 0 Å². The maximum absolute atomic E-state index is 12.3. The minimum atomic E-state index is -0.533. The number of hydrogen-bond donors (Lipinski definition) is 1. The number of ketones is 1. The number of esters is 1. The molecular weight excluding hydrogens is 512 g/mol. The highest BCUT2D eigenvalue weighted by atomic mass is 16.6. The van der Waals surface area contributed by atoms with E-state index in [9.17, 15) is 14.7 Å². The number of allylic oxidation sites excluding steroid dienone is 3. The van der Waals surface area contributed by atoms with Gasteiger partial charge in [0.05, 0.1) is 49.3 Å². The van der Waals surface area contributed by atoms with E-state index in [1.54, 1.807) is 14.0 Å². The summed E-state index contributed by atoms with van der Waals surface area (Å²) < 4.78 is 28.2. The second-order valence-electron chi connectivity index (χ2n) is 12.1. The molecule has 0 radical (unpaired) electrons. The lowest BCUT2D eigenvalue weighted by atomic mass is 9.85. The van der Waals surface area contributed by atoms with E-state index in [0.717, 1.165) is 25.7 Å². The Morgan fingerprint density at radius 1 is 1.10 bits per heavy atom. The topological polar surface area (TPSA) is 104 Å². The summed E-state index contributed by atoms with van der Waals surface area (Å²) in [5, 5.41) is 10.0. The van der Waals surface area contributed by atoms with Crippen molar-refractivity contribution in [3.05, 3.63) is 23.8 Å². The van der Waals surface area contributed by atoms with Gasteiger partial charge in [-0.25, -0.2) is 0 Å². The fourth-order valence-electron chi connectivity index (χ4n) is 6.06. The smallest absolute Gasteiger partial charge is 0.302 e. The van der Waals surface area contributed by atoms with Crippen LogP contribution in [0.15, 0.2) is 23.8 Å². The number of aliphatic hydroxyl groups is 1. The van der Waals surface area contributed by atoms with Crippen LogP contribution >= 0.6 is 0 Å². The number of epoxide rings is 1. The van der Waals surface area contributed by atoms with E-state index >= 15 is 0 Å². The molecule has 0 unspecified atom stereocenters. The van der Waals surface area contributed by atoms with Crippen LogP contribution in [0.4, 0.5) is 0 Å². The third kappa shape index (κ3) is 11.4. The van der Waals surface area contributed by atoms with Crippen molar-refractivity contribution in [1.82, 2.24) is 0 Å². The predicted octanol–water partition coefficient (Wildman–Crippen LogP) is 5.21. The summed E-state index contributed by atoms with van der Waals surface area (Å²) in [5.41, 5.74) is 1.00. The molecule has 2 heterocycles. The zero-order valence-electron chi connectivity index (χ0n) is 26.0. The van der Waals surface area contributed by atoms with Gasteiger partial charge in [0.2, 0.25) is 0 Å². The summed E-state index contributed by atoms with van der Waals surface area (Å²) in [6.45, 7) is 14.8. The third-order valence-corrected chi connectivity index (χ3v) is 8.26. The van der Waals surface area contributed by atoms with Crippen LogP contribution in [-0.2, 0) is 33.3 Å². The standard InChI is InChI=1S/C32H54O8/c1-21(20-32(7)31(40-32)24(4)30(36-8)25(5)33)10-9-11-22(2)29-23(3)12-14-28(39-29)15-13-27(35)16-17-37-18-19-38-26(6)34/h9-11,21,23-25,28-31,33H,12-20H2,1-8H3/b10-9+,22-11+/t21-,23+,24-,25-,28-,29-,30-,31-,32-/m1/s1. The molecule has 1 N–H and O–H groups in total. The molecule has 2 fully saturated rings. The van der Waals surface area contributed by atoms with Crippen LogP contribution in [0.2, 0.25) is 0 Å². The number of methoxy groups -OCH3 is 1. The Labute approximate surface area is 241 Å². The molecule has 8 nitrogen and oxygen atoms in total. The van der Waals surface area contributed by atoms with Crippen molar-refractivity contribution in [2.45, 2.75) is 123 Å². The monoisotopic (exact) mass is 566 g/mol. The highest BCUT2D eigenvalue weighted by molar-refractivity contribution is 5.78. The minimum absolute atomic E-state index is 0.0550. The van der Waals surface area contributed by atoms with Gasteiger partial charge in [0.1, 0.15) is 12.4 Å². The van der Waals surface area contributed by atoms with E-state index in [-0.39, 0.29) is 54.3 Å². The summed E-state index contributed by atoms with van der Waals surface area (Å²) in [7, 11) is 1.64. The first-order valence-electron chi connectivity index (χ1n) is 15.0. The largest absolute Gasteiger partial charge is 0.463 e. The first-order valence-corrected chi connectivity index (χ1v) is 15.0. The molecular formula is C32H54O8. The molecule has 0 aromatic carbocycles. The maximum Gasteiger partial charge on any atom is 0.302 e. The van der Waals surface area contributed by atoms with E-state index in [4.69, 9.17) is 23.7 Å². The molecule has 9 atom stereocenters. The van der Waals surface area contributed by atoms with Gasteiger partial charge in [0.25, 0.3) is 0 Å². The first kappa shape index (κ1) is 34.6. The van der Waals surface area contributed by atoms with Gasteiger partial charge < -0.3 is 28.8 Å². The lowest BCUT2D eigenvalue weighted by Gasteiger charge is -2.35. The van der Waals surface area contributed by atoms with E-state index < -0.39 is 6.10 Å². The molecule has 2 saturated heterocycles. The van der Waals surface area contributed by atoms with E-state index in [1.807, 2.05) is 0 Å². The van der Waals surface area contributed by atoms with Crippen LogP contribution in [-0.4, -0.2) is 79.9 Å². The van der Waals surface area contributed by atoms with Crippen LogP contribution in [0.3, 0.4) is 0 Å². The quantitative estimate of drug-likeness (QED) is 0.104. The van der Waals surface area contributed by atoms with Crippen LogP contribution in [0.5, 0.6) is 0 Å². The number of rotatable bonds is 18. The first-order chi connectivity index (χ1) is 18.9. The van der Waals surface area contributed by atoms with E-state index in [2.05, 4.69) is 52.8 Å². The second kappa shape index (κ2) is 16.8. The third-order valence-electron chi connectivity index (χ3n) is 8.26. The van der Waals surface area contributed by atoms with Gasteiger partial charge in [-0.15, -0.1) is 0 Å². The molecule has 2 rings (SSSR count). The molecule has 0 amide bonds. The highest BCUT2D eigenvalue weighted by Gasteiger charge is 2.56. The number of hydrogen-bond acceptors (Lipinski definition) is 8. The van der Waals surface area contributed by atoms with Gasteiger partial charge in [0.15, 0.2) is 0 Å². The Morgan fingerprint density at radius 3 is 2.48 bits per heavy atom. The van der Waals surface area contributed by atoms with Crippen LogP contribution in [0.25, 0.3) is 0 Å². The minimum Gasteiger partial charge on any atom is -0.463 e. The van der Waals surface area contributed by atoms with Crippen LogP contribution in [0, 0.1) is 17.8 Å². The van der Waals surface area contributed by atoms with E-state index in [0.29, 0.717) is 37.9 Å². The normalized spacial score (nSPS) is 30.1. The summed E-state index contributed by atoms with van der Waals surface area (Å²) in [6, 6.07) is 0. The molecule has 0 bridgehead atoms. The summed E-state index contributed by atoms with van der Waals surface area (Å²) in [6.07, 6.45) is 10.5. The van der Waals surface area contributed by atoms with Crippen molar-refractivity contribution >= 4 is 11.8 Å². The van der Waals surface area contributed by atoms with Crippen molar-refractivity contribution in [2.75, 3.05) is 26.9 Å². The highest BCUT2D eigenvalue weighted by Crippen LogP contribution is 2.47. The van der Waals surface area contributed by atoms with Gasteiger partial charge >= 0.3 is 5.97 Å². The molecule has 0 aromatic rings. The SMILES string of the molecule is CO[C@H]([C@@H](C)[C@H]1O[C@]1(C)C[C@H](C)/C=C/C=C(\C)[C@H]1O[C@@H](CCC(=O)CCOCCOC(C)=O)CC[C@@H]1C)[C@@H](C)O. The molecule has 0 spiro atoms. The van der Waals surface area contributed by atoms with Crippen molar-refractivity contribution in [2.24, 2.45) is 17.8 Å². The maximum atomic E-state index is 12.3. The van der Waals surface area contributed by atoms with Gasteiger partial charge in [-0.3, -0.25) is 9.59 Å². The Morgan fingerprint density at radius 2 is 1.82 bits per heavy atom. The van der Waals surface area contributed by atoms with Gasteiger partial charge in [0, 0.05) is 32.8 Å². The van der Waals surface area contributed by atoms with Crippen LogP contribution in [0.1, 0.15) is 87.0 Å². The number of aliphatic hydroxyl groups excluding tert-OH is 1.